The fourth-order valence-electron chi connectivity index (χ4n) is 3.97. The first-order valence-corrected chi connectivity index (χ1v) is 14.4. The molecule has 36 heavy (non-hydrogen) atoms. The smallest absolute Gasteiger partial charge is 0.415 e. The third-order valence-electron chi connectivity index (χ3n) is 5.54. The average molecular weight is 567 g/mol. The predicted molar refractivity (Wildman–Crippen MR) is 154 cm³/mol. The quantitative estimate of drug-likeness (QED) is 0.350. The molecule has 0 radical (unpaired) electrons. The number of carbonyl (C=O) groups excluding carboxylic acids is 2. The van der Waals surface area contributed by atoms with Crippen molar-refractivity contribution in [1.29, 1.82) is 0 Å². The number of alkyl halides is 1. The van der Waals surface area contributed by atoms with E-state index in [0.717, 1.165) is 41.5 Å². The van der Waals surface area contributed by atoms with Crippen LogP contribution in [-0.2, 0) is 11.2 Å². The van der Waals surface area contributed by atoms with Gasteiger partial charge < -0.3 is 19.3 Å². The van der Waals surface area contributed by atoms with Gasteiger partial charge in [-0.15, -0.1) is 0 Å². The molecule has 2 heterocycles. The van der Waals surface area contributed by atoms with Crippen LogP contribution in [-0.4, -0.2) is 73.2 Å². The molecule has 1 fully saturated rings. The van der Waals surface area contributed by atoms with Gasteiger partial charge in [-0.05, 0) is 51.0 Å². The molecule has 2 aromatic carbocycles. The topological polar surface area (TPSA) is 62.3 Å². The van der Waals surface area contributed by atoms with Crippen LogP contribution in [0.25, 0.3) is 10.8 Å². The van der Waals surface area contributed by atoms with E-state index in [1.54, 1.807) is 9.80 Å². The second kappa shape index (κ2) is 15.1. The molecule has 0 N–H and O–H groups in total. The number of halogens is 1. The van der Waals surface area contributed by atoms with Crippen molar-refractivity contribution in [3.8, 4) is 5.75 Å². The number of fused-ring (bicyclic) bond motifs is 3. The molecule has 0 bridgehead atoms. The zero-order chi connectivity index (χ0) is 27.5. The molecule has 2 aromatic rings. The summed E-state index contributed by atoms with van der Waals surface area (Å²) < 4.78 is 11.4. The first kappa shape index (κ1) is 31.7. The van der Waals surface area contributed by atoms with Gasteiger partial charge in [-0.1, -0.05) is 67.9 Å². The average Bonchev–Trinajstić information content (AvgIpc) is 3.31. The van der Waals surface area contributed by atoms with Crippen molar-refractivity contribution in [1.82, 2.24) is 9.80 Å². The van der Waals surface area contributed by atoms with Gasteiger partial charge in [0.1, 0.15) is 11.4 Å². The molecule has 1 saturated heterocycles. The van der Waals surface area contributed by atoms with Crippen molar-refractivity contribution in [2.45, 2.75) is 60.5 Å². The molecule has 202 valence electrons. The fraction of sp³-hybridized carbons (Fsp3) is 0.571. The van der Waals surface area contributed by atoms with Crippen LogP contribution in [0, 0.1) is 0 Å². The number of ether oxygens (including phenoxy) is 2. The minimum atomic E-state index is -0.576. The zero-order valence-electron chi connectivity index (χ0n) is 23.5. The van der Waals surface area contributed by atoms with Crippen LogP contribution in [0.1, 0.15) is 54.0 Å². The molecule has 0 spiro atoms. The van der Waals surface area contributed by atoms with Crippen molar-refractivity contribution in [3.05, 3.63) is 35.9 Å². The lowest BCUT2D eigenvalue weighted by atomic mass is 10.0. The van der Waals surface area contributed by atoms with Crippen molar-refractivity contribution < 1.29 is 19.1 Å². The van der Waals surface area contributed by atoms with E-state index in [1.807, 2.05) is 91.7 Å². The lowest BCUT2D eigenvalue weighted by Crippen LogP contribution is -2.48. The van der Waals surface area contributed by atoms with Gasteiger partial charge in [-0.2, -0.15) is 0 Å². The molecular formula is C28H44BrN3O4. The summed E-state index contributed by atoms with van der Waals surface area (Å²) in [5.41, 5.74) is 1.26. The highest BCUT2D eigenvalue weighted by atomic mass is 79.9. The van der Waals surface area contributed by atoms with Crippen LogP contribution >= 0.6 is 15.9 Å². The molecule has 7 nitrogen and oxygen atoms in total. The third kappa shape index (κ3) is 8.10. The Morgan fingerprint density at radius 3 is 1.97 bits per heavy atom. The van der Waals surface area contributed by atoms with Gasteiger partial charge in [0, 0.05) is 44.2 Å². The predicted octanol–water partition coefficient (Wildman–Crippen LogP) is 6.95. The second-order valence-corrected chi connectivity index (χ2v) is 8.96. The van der Waals surface area contributed by atoms with Crippen LogP contribution in [0.3, 0.4) is 0 Å². The molecule has 0 aromatic heterocycles. The van der Waals surface area contributed by atoms with Crippen LogP contribution in [0.4, 0.5) is 15.3 Å². The van der Waals surface area contributed by atoms with E-state index in [1.165, 1.54) is 0 Å². The largest absolute Gasteiger partial charge is 0.443 e. The molecule has 2 amide bonds. The number of amides is 2. The number of carbonyl (C=O) groups is 2. The SMILES string of the molecule is CBr.CC.CC.CN1CCN(C(=O)Oc2cc3c(c4ccccc24)CCN3C(=O)OC(C)(C)C)CC1. The lowest BCUT2D eigenvalue weighted by molar-refractivity contribution is 0.0584. The lowest BCUT2D eigenvalue weighted by Gasteiger charge is -2.31. The van der Waals surface area contributed by atoms with Crippen molar-refractivity contribution in [3.63, 3.8) is 0 Å². The van der Waals surface area contributed by atoms with Crippen LogP contribution < -0.4 is 9.64 Å². The minimum absolute atomic E-state index is 0.352. The first-order valence-electron chi connectivity index (χ1n) is 12.8. The van der Waals surface area contributed by atoms with E-state index < -0.39 is 5.60 Å². The molecule has 0 unspecified atom stereocenters. The van der Waals surface area contributed by atoms with E-state index in [0.29, 0.717) is 25.4 Å². The summed E-state index contributed by atoms with van der Waals surface area (Å²) in [7, 11) is 2.04. The highest BCUT2D eigenvalue weighted by Crippen LogP contribution is 2.40. The summed E-state index contributed by atoms with van der Waals surface area (Å²) in [6.07, 6.45) is 0.00444. The number of benzene rings is 2. The molecule has 8 heteroatoms. The summed E-state index contributed by atoms with van der Waals surface area (Å²) in [5, 5.41) is 1.88. The Bertz CT molecular complexity index is 983. The Hall–Kier alpha value is -2.32. The number of likely N-dealkylation sites (N-methyl/N-ethyl adjacent to an activating group) is 1. The van der Waals surface area contributed by atoms with Gasteiger partial charge in [-0.3, -0.25) is 4.90 Å². The summed E-state index contributed by atoms with van der Waals surface area (Å²) in [4.78, 5) is 31.1. The van der Waals surface area contributed by atoms with Crippen molar-refractivity contribution in [2.24, 2.45) is 0 Å². The number of rotatable bonds is 1. The van der Waals surface area contributed by atoms with Gasteiger partial charge in [-0.25, -0.2) is 9.59 Å². The Kier molecular flexibility index (Phi) is 13.3. The number of hydrogen-bond acceptors (Lipinski definition) is 5. The van der Waals surface area contributed by atoms with Gasteiger partial charge in [0.05, 0.1) is 5.69 Å². The summed E-state index contributed by atoms with van der Waals surface area (Å²) in [6, 6.07) is 9.67. The standard InChI is InChI=1S/C23H29N3O4.2C2H6.CH3Br/c1-23(2,3)30-22(28)26-10-9-17-16-7-5-6-8-18(16)20(15-19(17)26)29-21(27)25-13-11-24(4)12-14-25;3*1-2/h5-8,15H,9-14H2,1-4H3;2*1-2H3;1H3. The van der Waals surface area contributed by atoms with Crippen LogP contribution in [0.5, 0.6) is 5.75 Å². The number of nitrogens with zero attached hydrogens (tertiary/aromatic N) is 3. The summed E-state index contributed by atoms with van der Waals surface area (Å²) in [6.45, 7) is 17.0. The summed E-state index contributed by atoms with van der Waals surface area (Å²) >= 11 is 2.94. The molecule has 2 aliphatic rings. The monoisotopic (exact) mass is 565 g/mol. The molecule has 2 aliphatic heterocycles. The van der Waals surface area contributed by atoms with E-state index in [9.17, 15) is 9.59 Å². The zero-order valence-corrected chi connectivity index (χ0v) is 25.1. The number of piperazine rings is 1. The molecular weight excluding hydrogens is 522 g/mol. The van der Waals surface area contributed by atoms with E-state index in [4.69, 9.17) is 9.47 Å². The van der Waals surface area contributed by atoms with Crippen LogP contribution in [0.15, 0.2) is 30.3 Å². The maximum atomic E-state index is 12.8. The van der Waals surface area contributed by atoms with Gasteiger partial charge in [0.15, 0.2) is 0 Å². The van der Waals surface area contributed by atoms with Crippen molar-refractivity contribution in [2.75, 3.05) is 50.5 Å². The highest BCUT2D eigenvalue weighted by Gasteiger charge is 2.32. The Morgan fingerprint density at radius 2 is 1.42 bits per heavy atom. The minimum Gasteiger partial charge on any atom is -0.443 e. The summed E-state index contributed by atoms with van der Waals surface area (Å²) in [5.74, 6) is 2.29. The normalized spacial score (nSPS) is 14.8. The first-order chi connectivity index (χ1) is 17.2. The second-order valence-electron chi connectivity index (χ2n) is 8.96. The molecule has 0 saturated carbocycles. The Balaban J connectivity index is 0.00000101. The Labute approximate surface area is 225 Å². The van der Waals surface area contributed by atoms with Gasteiger partial charge in [0.2, 0.25) is 0 Å². The van der Waals surface area contributed by atoms with Crippen molar-refractivity contribution >= 4 is 44.6 Å². The molecule has 0 atom stereocenters. The van der Waals surface area contributed by atoms with Crippen LogP contribution in [0.2, 0.25) is 0 Å². The number of hydrogen-bond donors (Lipinski definition) is 0. The number of anilines is 1. The molecule has 0 aliphatic carbocycles. The van der Waals surface area contributed by atoms with E-state index >= 15 is 0 Å². The van der Waals surface area contributed by atoms with Gasteiger partial charge in [0.25, 0.3) is 0 Å². The molecule has 4 rings (SSSR count). The third-order valence-corrected chi connectivity index (χ3v) is 5.54. The van der Waals surface area contributed by atoms with Gasteiger partial charge >= 0.3 is 12.2 Å². The van der Waals surface area contributed by atoms with E-state index in [-0.39, 0.29) is 12.2 Å². The van der Waals surface area contributed by atoms with E-state index in [2.05, 4.69) is 20.8 Å². The highest BCUT2D eigenvalue weighted by molar-refractivity contribution is 9.08. The maximum Gasteiger partial charge on any atom is 0.415 e. The maximum absolute atomic E-state index is 12.8. The Morgan fingerprint density at radius 1 is 0.861 bits per heavy atom. The fourth-order valence-corrected chi connectivity index (χ4v) is 3.97.